The first-order valence-electron chi connectivity index (χ1n) is 6.53. The van der Waals surface area contributed by atoms with Crippen LogP contribution in [0.3, 0.4) is 0 Å². The van der Waals surface area contributed by atoms with Crippen LogP contribution in [0.25, 0.3) is 0 Å². The maximum absolute atomic E-state index is 11.4. The Morgan fingerprint density at radius 3 is 2.85 bits per heavy atom. The van der Waals surface area contributed by atoms with E-state index in [-0.39, 0.29) is 11.9 Å². The minimum absolute atomic E-state index is 0.201. The van der Waals surface area contributed by atoms with Crippen LogP contribution >= 0.6 is 12.2 Å². The molecule has 0 aliphatic carbocycles. The number of benzene rings is 1. The van der Waals surface area contributed by atoms with Gasteiger partial charge in [-0.1, -0.05) is 12.2 Å². The molecule has 1 fully saturated rings. The smallest absolute Gasteiger partial charge is 0.234 e. The molecule has 0 spiro atoms. The van der Waals surface area contributed by atoms with Crippen LogP contribution in [0, 0.1) is 0 Å². The Bertz CT molecular complexity index is 533. The van der Waals surface area contributed by atoms with Crippen LogP contribution in [-0.4, -0.2) is 35.5 Å². The van der Waals surface area contributed by atoms with Gasteiger partial charge in [-0.3, -0.25) is 9.69 Å². The summed E-state index contributed by atoms with van der Waals surface area (Å²) in [5.74, 6) is 0.493. The summed E-state index contributed by atoms with van der Waals surface area (Å²) in [7, 11) is 1.62. The molecule has 0 bridgehead atoms. The van der Waals surface area contributed by atoms with Crippen LogP contribution in [0.4, 0.5) is 0 Å². The molecule has 1 heterocycles. The van der Waals surface area contributed by atoms with Crippen molar-refractivity contribution in [1.29, 1.82) is 0 Å². The van der Waals surface area contributed by atoms with Crippen molar-refractivity contribution in [3.8, 4) is 5.75 Å². The third-order valence-electron chi connectivity index (χ3n) is 3.63. The lowest BCUT2D eigenvalue weighted by Crippen LogP contribution is -2.39. The number of amides is 1. The van der Waals surface area contributed by atoms with Gasteiger partial charge >= 0.3 is 0 Å². The van der Waals surface area contributed by atoms with Gasteiger partial charge in [-0.05, 0) is 37.6 Å². The fraction of sp³-hybridized carbons (Fsp3) is 0.429. The van der Waals surface area contributed by atoms with E-state index in [1.54, 1.807) is 7.11 Å². The van der Waals surface area contributed by atoms with Crippen LogP contribution in [0.15, 0.2) is 18.2 Å². The molecule has 1 atom stereocenters. The quantitative estimate of drug-likeness (QED) is 0.784. The van der Waals surface area contributed by atoms with Gasteiger partial charge in [0.05, 0.1) is 13.2 Å². The Labute approximate surface area is 123 Å². The number of likely N-dealkylation sites (tertiary alicyclic amines) is 1. The topological polar surface area (TPSA) is 81.6 Å². The van der Waals surface area contributed by atoms with E-state index in [4.69, 9.17) is 28.4 Å². The van der Waals surface area contributed by atoms with Gasteiger partial charge < -0.3 is 16.2 Å². The first-order chi connectivity index (χ1) is 9.52. The van der Waals surface area contributed by atoms with Crippen LogP contribution in [-0.2, 0) is 11.3 Å². The SMILES string of the molecule is COc1ccc(C(N)=S)cc1CN1CCCC1C(N)=O. The standard InChI is InChI=1S/C14H19N3O2S/c1-19-12-5-4-9(14(16)20)7-10(12)8-17-6-2-3-11(17)13(15)18/h4-5,7,11H,2-3,6,8H2,1H3,(H2,15,18)(H2,16,20). The molecule has 1 aromatic carbocycles. The van der Waals surface area contributed by atoms with Crippen molar-refractivity contribution >= 4 is 23.1 Å². The molecule has 1 aliphatic heterocycles. The maximum atomic E-state index is 11.4. The van der Waals surface area contributed by atoms with E-state index < -0.39 is 0 Å². The van der Waals surface area contributed by atoms with Crippen molar-refractivity contribution in [3.05, 3.63) is 29.3 Å². The molecule has 0 saturated carbocycles. The van der Waals surface area contributed by atoms with Gasteiger partial charge in [-0.15, -0.1) is 0 Å². The number of ether oxygens (including phenoxy) is 1. The van der Waals surface area contributed by atoms with Crippen molar-refractivity contribution < 1.29 is 9.53 Å². The van der Waals surface area contributed by atoms with Crippen molar-refractivity contribution in [2.45, 2.75) is 25.4 Å². The number of nitrogens with two attached hydrogens (primary N) is 2. The van der Waals surface area contributed by atoms with E-state index in [1.165, 1.54) is 0 Å². The Morgan fingerprint density at radius 2 is 2.25 bits per heavy atom. The van der Waals surface area contributed by atoms with Gasteiger partial charge in [0.1, 0.15) is 10.7 Å². The number of carbonyl (C=O) groups excluding carboxylic acids is 1. The zero-order valence-electron chi connectivity index (χ0n) is 11.5. The highest BCUT2D eigenvalue weighted by Crippen LogP contribution is 2.26. The third kappa shape index (κ3) is 3.08. The van der Waals surface area contributed by atoms with Crippen LogP contribution in [0.1, 0.15) is 24.0 Å². The number of primary amides is 1. The molecule has 4 N–H and O–H groups in total. The Balaban J connectivity index is 2.25. The molecule has 1 unspecified atom stereocenters. The first-order valence-corrected chi connectivity index (χ1v) is 6.94. The molecule has 0 aromatic heterocycles. The van der Waals surface area contributed by atoms with E-state index in [0.717, 1.165) is 36.3 Å². The van der Waals surface area contributed by atoms with Crippen molar-refractivity contribution in [1.82, 2.24) is 4.90 Å². The molecule has 20 heavy (non-hydrogen) atoms. The molecule has 1 aromatic rings. The van der Waals surface area contributed by atoms with Crippen LogP contribution < -0.4 is 16.2 Å². The highest BCUT2D eigenvalue weighted by Gasteiger charge is 2.29. The zero-order chi connectivity index (χ0) is 14.7. The normalized spacial score (nSPS) is 18.9. The van der Waals surface area contributed by atoms with E-state index in [2.05, 4.69) is 4.90 Å². The van der Waals surface area contributed by atoms with Crippen molar-refractivity contribution in [3.63, 3.8) is 0 Å². The number of methoxy groups -OCH3 is 1. The largest absolute Gasteiger partial charge is 0.496 e. The molecule has 108 valence electrons. The average Bonchev–Trinajstić information content (AvgIpc) is 2.87. The molecule has 2 rings (SSSR count). The number of rotatable bonds is 5. The predicted molar refractivity (Wildman–Crippen MR) is 81.5 cm³/mol. The second kappa shape index (κ2) is 6.19. The van der Waals surface area contributed by atoms with Crippen molar-refractivity contribution in [2.75, 3.05) is 13.7 Å². The number of nitrogens with zero attached hydrogens (tertiary/aromatic N) is 1. The third-order valence-corrected chi connectivity index (χ3v) is 3.87. The van der Waals surface area contributed by atoms with Gasteiger partial charge in [-0.25, -0.2) is 0 Å². The number of hydrogen-bond donors (Lipinski definition) is 2. The monoisotopic (exact) mass is 293 g/mol. The van der Waals surface area contributed by atoms with E-state index in [0.29, 0.717) is 11.5 Å². The summed E-state index contributed by atoms with van der Waals surface area (Å²) < 4.78 is 5.36. The summed E-state index contributed by atoms with van der Waals surface area (Å²) in [6, 6.07) is 5.39. The molecule has 6 heteroatoms. The second-order valence-corrected chi connectivity index (χ2v) is 5.36. The Morgan fingerprint density at radius 1 is 1.50 bits per heavy atom. The lowest BCUT2D eigenvalue weighted by atomic mass is 10.1. The second-order valence-electron chi connectivity index (χ2n) is 4.92. The summed E-state index contributed by atoms with van der Waals surface area (Å²) in [5, 5.41) is 0. The maximum Gasteiger partial charge on any atom is 0.234 e. The summed E-state index contributed by atoms with van der Waals surface area (Å²) in [5.41, 5.74) is 12.9. The summed E-state index contributed by atoms with van der Waals surface area (Å²) in [4.78, 5) is 13.9. The predicted octanol–water partition coefficient (Wildman–Crippen LogP) is 0.779. The van der Waals surface area contributed by atoms with Gasteiger partial charge in [-0.2, -0.15) is 0 Å². The molecule has 1 saturated heterocycles. The number of thiocarbonyl (C=S) groups is 1. The summed E-state index contributed by atoms with van der Waals surface area (Å²) >= 11 is 5.00. The minimum atomic E-state index is -0.271. The first kappa shape index (κ1) is 14.7. The molecule has 1 aliphatic rings. The van der Waals surface area contributed by atoms with Crippen molar-refractivity contribution in [2.24, 2.45) is 11.5 Å². The molecule has 1 amide bonds. The van der Waals surface area contributed by atoms with Gasteiger partial charge in [0.25, 0.3) is 0 Å². The fourth-order valence-electron chi connectivity index (χ4n) is 2.61. The average molecular weight is 293 g/mol. The number of hydrogen-bond acceptors (Lipinski definition) is 4. The van der Waals surface area contributed by atoms with Crippen LogP contribution in [0.5, 0.6) is 5.75 Å². The molecule has 0 radical (unpaired) electrons. The molecular weight excluding hydrogens is 274 g/mol. The fourth-order valence-corrected chi connectivity index (χ4v) is 2.74. The lowest BCUT2D eigenvalue weighted by Gasteiger charge is -2.23. The number of carbonyl (C=O) groups is 1. The van der Waals surface area contributed by atoms with Gasteiger partial charge in [0.15, 0.2) is 0 Å². The van der Waals surface area contributed by atoms with Gasteiger partial charge in [0.2, 0.25) is 5.91 Å². The van der Waals surface area contributed by atoms with E-state index in [9.17, 15) is 4.79 Å². The highest BCUT2D eigenvalue weighted by molar-refractivity contribution is 7.80. The van der Waals surface area contributed by atoms with Gasteiger partial charge in [0, 0.05) is 17.7 Å². The zero-order valence-corrected chi connectivity index (χ0v) is 12.3. The molecule has 5 nitrogen and oxygen atoms in total. The van der Waals surface area contributed by atoms with E-state index >= 15 is 0 Å². The Kier molecular flexibility index (Phi) is 4.57. The van der Waals surface area contributed by atoms with Crippen LogP contribution in [0.2, 0.25) is 0 Å². The Hall–Kier alpha value is -1.66. The molecular formula is C14H19N3O2S. The summed E-state index contributed by atoms with van der Waals surface area (Å²) in [6.45, 7) is 1.46. The highest BCUT2D eigenvalue weighted by atomic mass is 32.1. The van der Waals surface area contributed by atoms with E-state index in [1.807, 2.05) is 18.2 Å². The lowest BCUT2D eigenvalue weighted by molar-refractivity contribution is -0.122. The minimum Gasteiger partial charge on any atom is -0.496 e. The summed E-state index contributed by atoms with van der Waals surface area (Å²) in [6.07, 6.45) is 1.79.